The van der Waals surface area contributed by atoms with Crippen LogP contribution in [0.1, 0.15) is 6.42 Å². The van der Waals surface area contributed by atoms with E-state index in [2.05, 4.69) is 4.90 Å². The van der Waals surface area contributed by atoms with E-state index in [1.807, 2.05) is 29.2 Å². The minimum absolute atomic E-state index is 0.142. The lowest BCUT2D eigenvalue weighted by Gasteiger charge is -2.36. The van der Waals surface area contributed by atoms with Gasteiger partial charge in [-0.2, -0.15) is 0 Å². The van der Waals surface area contributed by atoms with Crippen molar-refractivity contribution < 1.29 is 4.79 Å². The Morgan fingerprint density at radius 2 is 1.83 bits per heavy atom. The average Bonchev–Trinajstić information content (AvgIpc) is 2.40. The molecule has 0 radical (unpaired) electrons. The Bertz CT molecular complexity index is 417. The highest BCUT2D eigenvalue weighted by Crippen LogP contribution is 2.26. The topological polar surface area (TPSA) is 23.6 Å². The maximum Gasteiger partial charge on any atom is 0.223 e. The molecule has 1 saturated heterocycles. The van der Waals surface area contributed by atoms with Crippen molar-refractivity contribution in [2.75, 3.05) is 37.0 Å². The predicted octanol–water partition coefficient (Wildman–Crippen LogP) is 2.62. The van der Waals surface area contributed by atoms with E-state index in [4.69, 9.17) is 23.2 Å². The van der Waals surface area contributed by atoms with E-state index in [1.54, 1.807) is 0 Å². The first-order valence-corrected chi connectivity index (χ1v) is 6.97. The second-order valence-electron chi connectivity index (χ2n) is 4.26. The van der Waals surface area contributed by atoms with Crippen LogP contribution in [-0.2, 0) is 4.79 Å². The van der Waals surface area contributed by atoms with E-state index < -0.39 is 0 Å². The van der Waals surface area contributed by atoms with Gasteiger partial charge in [-0.15, -0.1) is 11.6 Å². The second-order valence-corrected chi connectivity index (χ2v) is 5.04. The zero-order valence-electron chi connectivity index (χ0n) is 10.1. The Balaban J connectivity index is 1.95. The normalized spacial score (nSPS) is 15.9. The molecule has 0 unspecified atom stereocenters. The number of amides is 1. The van der Waals surface area contributed by atoms with Crippen LogP contribution < -0.4 is 4.90 Å². The first kappa shape index (κ1) is 13.5. The third-order valence-electron chi connectivity index (χ3n) is 3.13. The van der Waals surface area contributed by atoms with E-state index in [0.29, 0.717) is 12.3 Å². The molecule has 0 atom stereocenters. The van der Waals surface area contributed by atoms with Crippen molar-refractivity contribution in [2.24, 2.45) is 0 Å². The zero-order chi connectivity index (χ0) is 13.0. The summed E-state index contributed by atoms with van der Waals surface area (Å²) < 4.78 is 0. The molecule has 1 aliphatic heterocycles. The maximum atomic E-state index is 11.7. The molecule has 0 bridgehead atoms. The van der Waals surface area contributed by atoms with Gasteiger partial charge in [0.2, 0.25) is 5.91 Å². The average molecular weight is 287 g/mol. The van der Waals surface area contributed by atoms with Crippen molar-refractivity contribution in [3.8, 4) is 0 Å². The summed E-state index contributed by atoms with van der Waals surface area (Å²) in [6.07, 6.45) is 0.424. The summed E-state index contributed by atoms with van der Waals surface area (Å²) >= 11 is 11.8. The van der Waals surface area contributed by atoms with Crippen molar-refractivity contribution in [2.45, 2.75) is 6.42 Å². The van der Waals surface area contributed by atoms with Crippen LogP contribution in [0.5, 0.6) is 0 Å². The summed E-state index contributed by atoms with van der Waals surface area (Å²) in [5.74, 6) is 0.535. The summed E-state index contributed by atoms with van der Waals surface area (Å²) in [4.78, 5) is 15.8. The summed E-state index contributed by atoms with van der Waals surface area (Å²) in [5, 5.41) is 0.762. The minimum atomic E-state index is 0.142. The van der Waals surface area contributed by atoms with Gasteiger partial charge in [-0.3, -0.25) is 4.79 Å². The lowest BCUT2D eigenvalue weighted by atomic mass is 10.2. The van der Waals surface area contributed by atoms with Gasteiger partial charge in [-0.1, -0.05) is 23.7 Å². The molecule has 0 aromatic heterocycles. The summed E-state index contributed by atoms with van der Waals surface area (Å²) in [7, 11) is 0. The monoisotopic (exact) mass is 286 g/mol. The molecule has 1 aliphatic rings. The van der Waals surface area contributed by atoms with E-state index in [1.165, 1.54) is 0 Å². The third kappa shape index (κ3) is 3.09. The van der Waals surface area contributed by atoms with Crippen molar-refractivity contribution in [1.29, 1.82) is 0 Å². The zero-order valence-corrected chi connectivity index (χ0v) is 11.6. The number of para-hydroxylation sites is 1. The third-order valence-corrected chi connectivity index (χ3v) is 3.64. The van der Waals surface area contributed by atoms with Gasteiger partial charge in [0.25, 0.3) is 0 Å². The molecule has 18 heavy (non-hydrogen) atoms. The number of hydrogen-bond donors (Lipinski definition) is 0. The van der Waals surface area contributed by atoms with Crippen LogP contribution in [0, 0.1) is 0 Å². The molecule has 98 valence electrons. The lowest BCUT2D eigenvalue weighted by Crippen LogP contribution is -2.48. The highest BCUT2D eigenvalue weighted by Gasteiger charge is 2.21. The molecule has 0 saturated carbocycles. The summed E-state index contributed by atoms with van der Waals surface area (Å²) in [6, 6.07) is 7.80. The molecule has 1 aromatic rings. The van der Waals surface area contributed by atoms with Crippen molar-refractivity contribution in [3.05, 3.63) is 29.3 Å². The first-order valence-electron chi connectivity index (χ1n) is 6.05. The first-order chi connectivity index (χ1) is 8.72. The number of rotatable bonds is 3. The van der Waals surface area contributed by atoms with Gasteiger partial charge in [0, 0.05) is 38.5 Å². The predicted molar refractivity (Wildman–Crippen MR) is 75.6 cm³/mol. The van der Waals surface area contributed by atoms with Crippen molar-refractivity contribution >= 4 is 34.8 Å². The number of anilines is 1. The molecule has 0 spiro atoms. The number of alkyl halides is 1. The molecule has 1 aromatic carbocycles. The number of hydrogen-bond acceptors (Lipinski definition) is 2. The number of carbonyl (C=O) groups is 1. The SMILES string of the molecule is O=C(CCCl)N1CCN(c2ccccc2Cl)CC1. The largest absolute Gasteiger partial charge is 0.367 e. The molecular formula is C13H16Cl2N2O. The summed E-state index contributed by atoms with van der Waals surface area (Å²) in [5.41, 5.74) is 1.05. The van der Waals surface area contributed by atoms with Crippen LogP contribution in [0.4, 0.5) is 5.69 Å². The Labute approximate surface area is 117 Å². The van der Waals surface area contributed by atoms with Gasteiger partial charge in [0.05, 0.1) is 10.7 Å². The molecule has 5 heteroatoms. The van der Waals surface area contributed by atoms with Gasteiger partial charge in [0.1, 0.15) is 0 Å². The Morgan fingerprint density at radius 3 is 2.44 bits per heavy atom. The number of piperazine rings is 1. The van der Waals surface area contributed by atoms with Crippen molar-refractivity contribution in [3.63, 3.8) is 0 Å². The standard InChI is InChI=1S/C13H16Cl2N2O/c14-6-5-13(18)17-9-7-16(8-10-17)12-4-2-1-3-11(12)15/h1-4H,5-10H2. The fraction of sp³-hybridized carbons (Fsp3) is 0.462. The van der Waals surface area contributed by atoms with Crippen LogP contribution in [-0.4, -0.2) is 42.9 Å². The molecule has 1 fully saturated rings. The Kier molecular flexibility index (Phi) is 4.72. The molecule has 0 aliphatic carbocycles. The van der Waals surface area contributed by atoms with Crippen molar-refractivity contribution in [1.82, 2.24) is 4.90 Å². The Morgan fingerprint density at radius 1 is 1.17 bits per heavy atom. The summed E-state index contributed by atoms with van der Waals surface area (Å²) in [6.45, 7) is 3.11. The van der Waals surface area contributed by atoms with Crippen LogP contribution in [0.25, 0.3) is 0 Å². The lowest BCUT2D eigenvalue weighted by molar-refractivity contribution is -0.131. The van der Waals surface area contributed by atoms with Crippen LogP contribution in [0.3, 0.4) is 0 Å². The van der Waals surface area contributed by atoms with E-state index in [0.717, 1.165) is 36.9 Å². The highest BCUT2D eigenvalue weighted by atomic mass is 35.5. The van der Waals surface area contributed by atoms with Crippen LogP contribution in [0.15, 0.2) is 24.3 Å². The number of benzene rings is 1. The van der Waals surface area contributed by atoms with Gasteiger partial charge < -0.3 is 9.80 Å². The Hall–Kier alpha value is -0.930. The highest BCUT2D eigenvalue weighted by molar-refractivity contribution is 6.33. The van der Waals surface area contributed by atoms with Crippen LogP contribution >= 0.6 is 23.2 Å². The maximum absolute atomic E-state index is 11.7. The van der Waals surface area contributed by atoms with Gasteiger partial charge in [0.15, 0.2) is 0 Å². The molecule has 1 amide bonds. The fourth-order valence-electron chi connectivity index (χ4n) is 2.14. The molecular weight excluding hydrogens is 271 g/mol. The van der Waals surface area contributed by atoms with Crippen LogP contribution in [0.2, 0.25) is 5.02 Å². The number of carbonyl (C=O) groups excluding carboxylic acids is 1. The van der Waals surface area contributed by atoms with E-state index in [-0.39, 0.29) is 5.91 Å². The van der Waals surface area contributed by atoms with Gasteiger partial charge >= 0.3 is 0 Å². The van der Waals surface area contributed by atoms with Gasteiger partial charge in [-0.25, -0.2) is 0 Å². The smallest absolute Gasteiger partial charge is 0.223 e. The number of nitrogens with zero attached hydrogens (tertiary/aromatic N) is 2. The fourth-order valence-corrected chi connectivity index (χ4v) is 2.56. The molecule has 0 N–H and O–H groups in total. The van der Waals surface area contributed by atoms with E-state index >= 15 is 0 Å². The molecule has 1 heterocycles. The number of halogens is 2. The second kappa shape index (κ2) is 6.30. The van der Waals surface area contributed by atoms with Gasteiger partial charge in [-0.05, 0) is 12.1 Å². The molecule has 3 nitrogen and oxygen atoms in total. The molecule has 2 rings (SSSR count). The minimum Gasteiger partial charge on any atom is -0.367 e. The quantitative estimate of drug-likeness (QED) is 0.798. The van der Waals surface area contributed by atoms with E-state index in [9.17, 15) is 4.79 Å².